The van der Waals surface area contributed by atoms with Gasteiger partial charge in [-0.25, -0.2) is 0 Å². The molecule has 0 radical (unpaired) electrons. The van der Waals surface area contributed by atoms with Gasteiger partial charge in [-0.05, 0) is 38.9 Å². The molecule has 0 aromatic heterocycles. The molecule has 21 heavy (non-hydrogen) atoms. The average Bonchev–Trinajstić information content (AvgIpc) is 2.98. The first-order chi connectivity index (χ1) is 10.2. The molecular weight excluding hydrogens is 256 g/mol. The molecule has 0 amide bonds. The SMILES string of the molecule is CCCCC(NCC1(N(C)C)CCCC1)c1ccccc1. The molecule has 1 saturated carbocycles. The van der Waals surface area contributed by atoms with Gasteiger partial charge in [0, 0.05) is 18.1 Å². The highest BCUT2D eigenvalue weighted by Crippen LogP contribution is 2.34. The summed E-state index contributed by atoms with van der Waals surface area (Å²) in [5.74, 6) is 0. The van der Waals surface area contributed by atoms with Gasteiger partial charge in [-0.15, -0.1) is 0 Å². The maximum atomic E-state index is 3.89. The lowest BCUT2D eigenvalue weighted by molar-refractivity contribution is 0.148. The van der Waals surface area contributed by atoms with Crippen molar-refractivity contribution >= 4 is 0 Å². The first-order valence-corrected chi connectivity index (χ1v) is 8.64. The molecule has 2 rings (SSSR count). The maximum absolute atomic E-state index is 3.89. The summed E-state index contributed by atoms with van der Waals surface area (Å²) in [5.41, 5.74) is 1.82. The van der Waals surface area contributed by atoms with Crippen LogP contribution in [0.25, 0.3) is 0 Å². The van der Waals surface area contributed by atoms with E-state index < -0.39 is 0 Å². The molecule has 1 aliphatic rings. The Morgan fingerprint density at radius 2 is 1.81 bits per heavy atom. The standard InChI is InChI=1S/C19H32N2/c1-4-5-13-18(17-11-7-6-8-12-17)20-16-19(21(2)3)14-9-10-15-19/h6-8,11-12,18,20H,4-5,9-10,13-16H2,1-3H3. The van der Waals surface area contributed by atoms with Crippen molar-refractivity contribution in [3.63, 3.8) is 0 Å². The smallest absolute Gasteiger partial charge is 0.0328 e. The third kappa shape index (κ3) is 4.31. The minimum Gasteiger partial charge on any atom is -0.308 e. The molecule has 0 aliphatic heterocycles. The number of likely N-dealkylation sites (N-methyl/N-ethyl adjacent to an activating group) is 1. The average molecular weight is 288 g/mol. The van der Waals surface area contributed by atoms with Gasteiger partial charge in [0.05, 0.1) is 0 Å². The van der Waals surface area contributed by atoms with E-state index in [0.717, 1.165) is 6.54 Å². The third-order valence-corrected chi connectivity index (χ3v) is 5.21. The molecular formula is C19H32N2. The van der Waals surface area contributed by atoms with Gasteiger partial charge in [-0.1, -0.05) is 62.9 Å². The van der Waals surface area contributed by atoms with Crippen LogP contribution in [0.5, 0.6) is 0 Å². The summed E-state index contributed by atoms with van der Waals surface area (Å²) in [6, 6.07) is 11.5. The van der Waals surface area contributed by atoms with Gasteiger partial charge in [0.2, 0.25) is 0 Å². The van der Waals surface area contributed by atoms with Crippen LogP contribution in [0.1, 0.15) is 63.5 Å². The van der Waals surface area contributed by atoms with Crippen molar-refractivity contribution in [2.75, 3.05) is 20.6 Å². The number of benzene rings is 1. The van der Waals surface area contributed by atoms with Crippen LogP contribution in [0.3, 0.4) is 0 Å². The zero-order valence-corrected chi connectivity index (χ0v) is 14.1. The molecule has 1 N–H and O–H groups in total. The Kier molecular flexibility index (Phi) is 6.25. The summed E-state index contributed by atoms with van der Waals surface area (Å²) >= 11 is 0. The first-order valence-electron chi connectivity index (χ1n) is 8.64. The topological polar surface area (TPSA) is 15.3 Å². The first kappa shape index (κ1) is 16.5. The second kappa shape index (κ2) is 7.95. The number of unbranched alkanes of at least 4 members (excludes halogenated alkanes) is 1. The van der Waals surface area contributed by atoms with E-state index in [0.29, 0.717) is 11.6 Å². The molecule has 2 nitrogen and oxygen atoms in total. The van der Waals surface area contributed by atoms with Crippen LogP contribution < -0.4 is 5.32 Å². The van der Waals surface area contributed by atoms with Crippen LogP contribution in [-0.2, 0) is 0 Å². The van der Waals surface area contributed by atoms with Gasteiger partial charge in [0.1, 0.15) is 0 Å². The van der Waals surface area contributed by atoms with E-state index in [1.807, 2.05) is 0 Å². The number of nitrogens with one attached hydrogen (secondary N) is 1. The Morgan fingerprint density at radius 3 is 2.38 bits per heavy atom. The molecule has 1 aromatic carbocycles. The second-order valence-corrected chi connectivity index (χ2v) is 6.81. The minimum absolute atomic E-state index is 0.374. The lowest BCUT2D eigenvalue weighted by atomic mass is 9.94. The molecule has 1 aromatic rings. The summed E-state index contributed by atoms with van der Waals surface area (Å²) < 4.78 is 0. The Bertz CT molecular complexity index is 393. The van der Waals surface area contributed by atoms with Crippen molar-refractivity contribution in [1.82, 2.24) is 10.2 Å². The molecule has 0 saturated heterocycles. The molecule has 0 bridgehead atoms. The van der Waals surface area contributed by atoms with Crippen LogP contribution in [0, 0.1) is 0 Å². The lowest BCUT2D eigenvalue weighted by Crippen LogP contribution is -2.50. The Morgan fingerprint density at radius 1 is 1.14 bits per heavy atom. The van der Waals surface area contributed by atoms with Crippen LogP contribution in [0.15, 0.2) is 30.3 Å². The molecule has 1 atom stereocenters. The Labute approximate surface area is 130 Å². The monoisotopic (exact) mass is 288 g/mol. The summed E-state index contributed by atoms with van der Waals surface area (Å²) in [6.07, 6.45) is 9.23. The quantitative estimate of drug-likeness (QED) is 0.763. The Hall–Kier alpha value is -0.860. The van der Waals surface area contributed by atoms with Gasteiger partial charge in [0.15, 0.2) is 0 Å². The second-order valence-electron chi connectivity index (χ2n) is 6.81. The van der Waals surface area contributed by atoms with Crippen molar-refractivity contribution < 1.29 is 0 Å². The van der Waals surface area contributed by atoms with E-state index in [9.17, 15) is 0 Å². The Balaban J connectivity index is 2.01. The van der Waals surface area contributed by atoms with E-state index in [-0.39, 0.29) is 0 Å². The highest BCUT2D eigenvalue weighted by molar-refractivity contribution is 5.19. The van der Waals surface area contributed by atoms with Gasteiger partial charge in [0.25, 0.3) is 0 Å². The highest BCUT2D eigenvalue weighted by Gasteiger charge is 2.36. The van der Waals surface area contributed by atoms with Gasteiger partial charge in [-0.2, -0.15) is 0 Å². The van der Waals surface area contributed by atoms with Crippen LogP contribution >= 0.6 is 0 Å². The fourth-order valence-electron chi connectivity index (χ4n) is 3.61. The summed E-state index contributed by atoms with van der Waals surface area (Å²) in [6.45, 7) is 3.39. The number of nitrogens with zero attached hydrogens (tertiary/aromatic N) is 1. The molecule has 0 heterocycles. The number of hydrogen-bond donors (Lipinski definition) is 1. The van der Waals surface area contributed by atoms with E-state index in [2.05, 4.69) is 61.6 Å². The summed E-state index contributed by atoms with van der Waals surface area (Å²) in [4.78, 5) is 2.45. The van der Waals surface area contributed by atoms with Crippen molar-refractivity contribution in [2.24, 2.45) is 0 Å². The van der Waals surface area contributed by atoms with E-state index in [1.54, 1.807) is 0 Å². The van der Waals surface area contributed by atoms with Crippen LogP contribution in [0.4, 0.5) is 0 Å². The molecule has 1 aliphatic carbocycles. The fourth-order valence-corrected chi connectivity index (χ4v) is 3.61. The zero-order chi connectivity index (χ0) is 15.1. The van der Waals surface area contributed by atoms with Gasteiger partial charge in [-0.3, -0.25) is 0 Å². The van der Waals surface area contributed by atoms with Crippen molar-refractivity contribution in [3.8, 4) is 0 Å². The molecule has 1 fully saturated rings. The third-order valence-electron chi connectivity index (χ3n) is 5.21. The van der Waals surface area contributed by atoms with Gasteiger partial charge >= 0.3 is 0 Å². The number of hydrogen-bond acceptors (Lipinski definition) is 2. The predicted molar refractivity (Wildman–Crippen MR) is 91.6 cm³/mol. The van der Waals surface area contributed by atoms with E-state index in [4.69, 9.17) is 0 Å². The molecule has 0 spiro atoms. The number of rotatable bonds is 8. The van der Waals surface area contributed by atoms with Crippen molar-refractivity contribution in [1.29, 1.82) is 0 Å². The fraction of sp³-hybridized carbons (Fsp3) is 0.684. The summed E-state index contributed by atoms with van der Waals surface area (Å²) in [5, 5.41) is 3.89. The van der Waals surface area contributed by atoms with Gasteiger partial charge < -0.3 is 10.2 Å². The largest absolute Gasteiger partial charge is 0.308 e. The zero-order valence-electron chi connectivity index (χ0n) is 14.1. The van der Waals surface area contributed by atoms with Crippen molar-refractivity contribution in [3.05, 3.63) is 35.9 Å². The van der Waals surface area contributed by atoms with Crippen LogP contribution in [0.2, 0.25) is 0 Å². The highest BCUT2D eigenvalue weighted by atomic mass is 15.2. The maximum Gasteiger partial charge on any atom is 0.0328 e. The van der Waals surface area contributed by atoms with E-state index >= 15 is 0 Å². The molecule has 1 unspecified atom stereocenters. The predicted octanol–water partition coefficient (Wildman–Crippen LogP) is 4.38. The lowest BCUT2D eigenvalue weighted by Gasteiger charge is -2.38. The van der Waals surface area contributed by atoms with E-state index in [1.165, 1.54) is 50.5 Å². The normalized spacial score (nSPS) is 19.0. The summed E-state index contributed by atoms with van der Waals surface area (Å²) in [7, 11) is 4.49. The minimum atomic E-state index is 0.374. The molecule has 2 heteroatoms. The van der Waals surface area contributed by atoms with Crippen molar-refractivity contribution in [2.45, 2.75) is 63.5 Å². The van der Waals surface area contributed by atoms with Crippen LogP contribution in [-0.4, -0.2) is 31.1 Å². The molecule has 118 valence electrons.